The van der Waals surface area contributed by atoms with Crippen molar-refractivity contribution >= 4 is 0 Å². The second-order valence-corrected chi connectivity index (χ2v) is 5.35. The molecule has 1 unspecified atom stereocenters. The summed E-state index contributed by atoms with van der Waals surface area (Å²) in [6, 6.07) is 2.59. The van der Waals surface area contributed by atoms with Gasteiger partial charge in [0.15, 0.2) is 0 Å². The molecule has 96 valence electrons. The zero-order valence-corrected chi connectivity index (χ0v) is 11.0. The van der Waals surface area contributed by atoms with E-state index in [1.807, 2.05) is 4.68 Å². The molecule has 1 aliphatic heterocycles. The van der Waals surface area contributed by atoms with Crippen LogP contribution < -0.4 is 5.73 Å². The van der Waals surface area contributed by atoms with Gasteiger partial charge in [-0.15, -0.1) is 0 Å². The maximum Gasteiger partial charge on any atom is 0.0764 e. The molecule has 17 heavy (non-hydrogen) atoms. The summed E-state index contributed by atoms with van der Waals surface area (Å²) in [6.07, 6.45) is 4.53. The molecule has 0 spiro atoms. The molecule has 0 aliphatic carbocycles. The third-order valence-electron chi connectivity index (χ3n) is 3.52. The number of nitrogens with zero attached hydrogens (tertiary/aromatic N) is 3. The Labute approximate surface area is 104 Å². The lowest BCUT2D eigenvalue weighted by atomic mass is 10.1. The van der Waals surface area contributed by atoms with Gasteiger partial charge in [-0.05, 0) is 51.8 Å². The van der Waals surface area contributed by atoms with Gasteiger partial charge in [0.05, 0.1) is 5.69 Å². The zero-order valence-electron chi connectivity index (χ0n) is 11.0. The maximum absolute atomic E-state index is 5.61. The highest BCUT2D eigenvalue weighted by Crippen LogP contribution is 2.20. The average molecular weight is 236 g/mol. The number of likely N-dealkylation sites (tertiary alicyclic amines) is 1. The van der Waals surface area contributed by atoms with E-state index < -0.39 is 0 Å². The molecule has 1 atom stereocenters. The number of hydrogen-bond acceptors (Lipinski definition) is 3. The molecule has 0 radical (unpaired) electrons. The number of nitrogens with two attached hydrogens (primary N) is 1. The fraction of sp³-hybridized carbons (Fsp3) is 0.769. The predicted molar refractivity (Wildman–Crippen MR) is 69.7 cm³/mol. The van der Waals surface area contributed by atoms with Crippen LogP contribution in [0.2, 0.25) is 0 Å². The summed E-state index contributed by atoms with van der Waals surface area (Å²) in [5, 5.41) is 4.59. The molecule has 0 saturated carbocycles. The Morgan fingerprint density at radius 3 is 3.00 bits per heavy atom. The second kappa shape index (κ2) is 5.65. The van der Waals surface area contributed by atoms with Crippen LogP contribution in [-0.4, -0.2) is 34.3 Å². The van der Waals surface area contributed by atoms with E-state index in [1.54, 1.807) is 0 Å². The van der Waals surface area contributed by atoms with Crippen LogP contribution in [0, 0.1) is 5.92 Å². The van der Waals surface area contributed by atoms with E-state index in [2.05, 4.69) is 36.1 Å². The summed E-state index contributed by atoms with van der Waals surface area (Å²) in [5.41, 5.74) is 6.80. The highest BCUT2D eigenvalue weighted by Gasteiger charge is 2.22. The predicted octanol–water partition coefficient (Wildman–Crippen LogP) is 1.63. The summed E-state index contributed by atoms with van der Waals surface area (Å²) in [5.74, 6) is 0.798. The Balaban J connectivity index is 1.85. The highest BCUT2D eigenvalue weighted by molar-refractivity contribution is 5.00. The summed E-state index contributed by atoms with van der Waals surface area (Å²) < 4.78 is 2.03. The van der Waals surface area contributed by atoms with Crippen LogP contribution in [0.3, 0.4) is 0 Å². The monoisotopic (exact) mass is 236 g/mol. The van der Waals surface area contributed by atoms with Crippen LogP contribution in [0.4, 0.5) is 0 Å². The summed E-state index contributed by atoms with van der Waals surface area (Å²) in [7, 11) is 0. The van der Waals surface area contributed by atoms with Gasteiger partial charge in [0.1, 0.15) is 0 Å². The largest absolute Gasteiger partial charge is 0.330 e. The Kier molecular flexibility index (Phi) is 4.18. The van der Waals surface area contributed by atoms with Gasteiger partial charge in [0.25, 0.3) is 0 Å². The van der Waals surface area contributed by atoms with Crippen molar-refractivity contribution in [2.75, 3.05) is 19.6 Å². The van der Waals surface area contributed by atoms with Gasteiger partial charge in [0, 0.05) is 25.3 Å². The Hall–Kier alpha value is -0.870. The first kappa shape index (κ1) is 12.6. The second-order valence-electron chi connectivity index (χ2n) is 5.35. The molecule has 0 amide bonds. The Morgan fingerprint density at radius 2 is 2.35 bits per heavy atom. The van der Waals surface area contributed by atoms with Gasteiger partial charge in [-0.3, -0.25) is 9.58 Å². The standard InChI is InChI=1S/C13H24N4/c1-11(2)17-8-5-13(15-17)10-16-7-4-12(9-16)3-6-14/h5,8,11-12H,3-4,6-7,9-10,14H2,1-2H3. The molecule has 1 fully saturated rings. The third kappa shape index (κ3) is 3.30. The lowest BCUT2D eigenvalue weighted by Crippen LogP contribution is -2.21. The molecule has 1 aromatic heterocycles. The first-order valence-electron chi connectivity index (χ1n) is 6.65. The van der Waals surface area contributed by atoms with E-state index in [0.29, 0.717) is 6.04 Å². The molecule has 1 aliphatic rings. The van der Waals surface area contributed by atoms with Crippen LogP contribution in [-0.2, 0) is 6.54 Å². The van der Waals surface area contributed by atoms with Gasteiger partial charge in [-0.2, -0.15) is 5.10 Å². The Morgan fingerprint density at radius 1 is 1.53 bits per heavy atom. The van der Waals surface area contributed by atoms with Crippen LogP contribution >= 0.6 is 0 Å². The first-order valence-corrected chi connectivity index (χ1v) is 6.65. The highest BCUT2D eigenvalue weighted by atomic mass is 15.3. The minimum Gasteiger partial charge on any atom is -0.330 e. The van der Waals surface area contributed by atoms with Crippen molar-refractivity contribution in [1.29, 1.82) is 0 Å². The smallest absolute Gasteiger partial charge is 0.0764 e. The maximum atomic E-state index is 5.61. The average Bonchev–Trinajstić information content (AvgIpc) is 2.89. The molecule has 0 aromatic carbocycles. The van der Waals surface area contributed by atoms with Gasteiger partial charge in [-0.25, -0.2) is 0 Å². The minimum atomic E-state index is 0.451. The van der Waals surface area contributed by atoms with E-state index in [-0.39, 0.29) is 0 Å². The van der Waals surface area contributed by atoms with E-state index in [4.69, 9.17) is 5.73 Å². The normalized spacial score (nSPS) is 21.5. The zero-order chi connectivity index (χ0) is 12.3. The summed E-state index contributed by atoms with van der Waals surface area (Å²) >= 11 is 0. The molecule has 1 saturated heterocycles. The van der Waals surface area contributed by atoms with Crippen molar-refractivity contribution in [2.45, 2.75) is 39.3 Å². The molecule has 0 bridgehead atoms. The fourth-order valence-corrected chi connectivity index (χ4v) is 2.51. The summed E-state index contributed by atoms with van der Waals surface area (Å²) in [6.45, 7) is 8.50. The molecule has 2 rings (SSSR count). The van der Waals surface area contributed by atoms with E-state index >= 15 is 0 Å². The molecular formula is C13H24N4. The van der Waals surface area contributed by atoms with Crippen molar-refractivity contribution in [3.05, 3.63) is 18.0 Å². The number of rotatable bonds is 5. The molecule has 4 nitrogen and oxygen atoms in total. The van der Waals surface area contributed by atoms with Gasteiger partial charge in [-0.1, -0.05) is 0 Å². The van der Waals surface area contributed by atoms with Crippen LogP contribution in [0.15, 0.2) is 12.3 Å². The molecular weight excluding hydrogens is 212 g/mol. The molecule has 2 N–H and O–H groups in total. The van der Waals surface area contributed by atoms with Crippen molar-refractivity contribution in [3.8, 4) is 0 Å². The van der Waals surface area contributed by atoms with Crippen LogP contribution in [0.5, 0.6) is 0 Å². The number of aromatic nitrogens is 2. The van der Waals surface area contributed by atoms with Crippen molar-refractivity contribution < 1.29 is 0 Å². The molecule has 2 heterocycles. The van der Waals surface area contributed by atoms with Crippen LogP contribution in [0.1, 0.15) is 38.4 Å². The van der Waals surface area contributed by atoms with Crippen LogP contribution in [0.25, 0.3) is 0 Å². The summed E-state index contributed by atoms with van der Waals surface area (Å²) in [4.78, 5) is 2.49. The Bertz CT molecular complexity index is 345. The third-order valence-corrected chi connectivity index (χ3v) is 3.52. The first-order chi connectivity index (χ1) is 8.19. The lowest BCUT2D eigenvalue weighted by Gasteiger charge is -2.14. The van der Waals surface area contributed by atoms with Gasteiger partial charge >= 0.3 is 0 Å². The number of hydrogen-bond donors (Lipinski definition) is 1. The quantitative estimate of drug-likeness (QED) is 0.845. The minimum absolute atomic E-state index is 0.451. The topological polar surface area (TPSA) is 47.1 Å². The van der Waals surface area contributed by atoms with Crippen molar-refractivity contribution in [3.63, 3.8) is 0 Å². The molecule has 1 aromatic rings. The lowest BCUT2D eigenvalue weighted by molar-refractivity contribution is 0.308. The van der Waals surface area contributed by atoms with E-state index in [0.717, 1.165) is 25.4 Å². The van der Waals surface area contributed by atoms with Gasteiger partial charge in [0.2, 0.25) is 0 Å². The van der Waals surface area contributed by atoms with E-state index in [9.17, 15) is 0 Å². The molecule has 4 heteroatoms. The van der Waals surface area contributed by atoms with E-state index in [1.165, 1.54) is 25.2 Å². The SMILES string of the molecule is CC(C)n1ccc(CN2CCC(CCN)C2)n1. The fourth-order valence-electron chi connectivity index (χ4n) is 2.51. The van der Waals surface area contributed by atoms with Crippen molar-refractivity contribution in [2.24, 2.45) is 11.7 Å². The van der Waals surface area contributed by atoms with Gasteiger partial charge < -0.3 is 5.73 Å². The van der Waals surface area contributed by atoms with Crippen molar-refractivity contribution in [1.82, 2.24) is 14.7 Å².